The van der Waals surface area contributed by atoms with Crippen LogP contribution in [0.25, 0.3) is 0 Å². The average molecular weight is 337 g/mol. The summed E-state index contributed by atoms with van der Waals surface area (Å²) in [5.41, 5.74) is 0.863. The number of amides is 3. The maximum absolute atomic E-state index is 12.2. The molecule has 0 aliphatic carbocycles. The van der Waals surface area contributed by atoms with Gasteiger partial charge >= 0.3 is 12.1 Å². The number of aromatic nitrogens is 2. The first-order valence-corrected chi connectivity index (χ1v) is 8.08. The van der Waals surface area contributed by atoms with Gasteiger partial charge in [-0.15, -0.1) is 0 Å². The lowest BCUT2D eigenvalue weighted by Gasteiger charge is -2.30. The van der Waals surface area contributed by atoms with Crippen LogP contribution in [0.3, 0.4) is 0 Å². The van der Waals surface area contributed by atoms with Crippen molar-refractivity contribution < 1.29 is 14.3 Å². The fourth-order valence-corrected chi connectivity index (χ4v) is 2.36. The molecule has 1 aliphatic rings. The quantitative estimate of drug-likeness (QED) is 0.733. The van der Waals surface area contributed by atoms with Gasteiger partial charge in [-0.2, -0.15) is 5.10 Å². The van der Waals surface area contributed by atoms with E-state index >= 15 is 0 Å². The zero-order valence-corrected chi connectivity index (χ0v) is 15.2. The molecule has 1 aromatic heterocycles. The van der Waals surface area contributed by atoms with Crippen LogP contribution in [-0.4, -0.2) is 44.9 Å². The van der Waals surface area contributed by atoms with Gasteiger partial charge in [-0.3, -0.25) is 10.4 Å². The second kappa shape index (κ2) is 6.33. The second-order valence-electron chi connectivity index (χ2n) is 8.01. The van der Waals surface area contributed by atoms with Crippen LogP contribution in [0.4, 0.5) is 15.4 Å². The summed E-state index contributed by atoms with van der Waals surface area (Å²) in [5.74, 6) is 0.444. The van der Waals surface area contributed by atoms with Crippen molar-refractivity contribution in [2.24, 2.45) is 0 Å². The van der Waals surface area contributed by atoms with Gasteiger partial charge in [-0.1, -0.05) is 0 Å². The number of fused-ring (bicyclic) bond motifs is 1. The smallest absolute Gasteiger partial charge is 0.410 e. The third-order valence-electron chi connectivity index (χ3n) is 3.31. The summed E-state index contributed by atoms with van der Waals surface area (Å²) in [6.07, 6.45) is 0.281. The standard InChI is InChI=1S/C16H27N5O3/c1-15(2,3)18-13(22)17-12-10-9-21(8-7-11(10)19-20-12)14(23)24-16(4,5)6/h7-9H2,1-6H3,(H3,17,18,19,20,22). The van der Waals surface area contributed by atoms with E-state index in [1.54, 1.807) is 4.90 Å². The van der Waals surface area contributed by atoms with Crippen molar-refractivity contribution >= 4 is 17.9 Å². The van der Waals surface area contributed by atoms with E-state index in [1.165, 1.54) is 0 Å². The lowest BCUT2D eigenvalue weighted by Crippen LogP contribution is -2.43. The van der Waals surface area contributed by atoms with Gasteiger partial charge in [0.05, 0.1) is 6.54 Å². The molecule has 0 fully saturated rings. The predicted octanol–water partition coefficient (Wildman–Crippen LogP) is 2.62. The second-order valence-corrected chi connectivity index (χ2v) is 8.01. The monoisotopic (exact) mass is 337 g/mol. The summed E-state index contributed by atoms with van der Waals surface area (Å²) < 4.78 is 5.41. The molecule has 134 valence electrons. The molecule has 8 nitrogen and oxygen atoms in total. The summed E-state index contributed by atoms with van der Waals surface area (Å²) in [7, 11) is 0. The lowest BCUT2D eigenvalue weighted by molar-refractivity contribution is 0.0224. The van der Waals surface area contributed by atoms with Crippen molar-refractivity contribution in [1.82, 2.24) is 20.4 Å². The maximum Gasteiger partial charge on any atom is 0.410 e. The van der Waals surface area contributed by atoms with Crippen LogP contribution in [0.1, 0.15) is 52.8 Å². The molecule has 3 N–H and O–H groups in total. The Hall–Kier alpha value is -2.25. The van der Waals surface area contributed by atoms with Crippen LogP contribution in [0, 0.1) is 0 Å². The SMILES string of the molecule is CC(C)(C)NC(=O)Nc1n[nH]c2c1CN(C(=O)OC(C)(C)C)CC2. The summed E-state index contributed by atoms with van der Waals surface area (Å²) in [4.78, 5) is 25.9. The molecule has 0 spiro atoms. The number of aromatic amines is 1. The molecule has 0 unspecified atom stereocenters. The zero-order chi connectivity index (χ0) is 18.1. The highest BCUT2D eigenvalue weighted by atomic mass is 16.6. The van der Waals surface area contributed by atoms with E-state index in [-0.39, 0.29) is 17.7 Å². The van der Waals surface area contributed by atoms with Gasteiger partial charge in [0.2, 0.25) is 0 Å². The van der Waals surface area contributed by atoms with Crippen molar-refractivity contribution in [1.29, 1.82) is 0 Å². The first-order chi connectivity index (χ1) is 10.9. The Labute approximate surface area is 142 Å². The van der Waals surface area contributed by atoms with E-state index in [2.05, 4.69) is 20.8 Å². The Bertz CT molecular complexity index is 625. The highest BCUT2D eigenvalue weighted by Gasteiger charge is 2.29. The van der Waals surface area contributed by atoms with Gasteiger partial charge in [-0.05, 0) is 41.5 Å². The van der Waals surface area contributed by atoms with E-state index in [4.69, 9.17) is 4.74 Å². The number of carbonyl (C=O) groups is 2. The Kier molecular flexibility index (Phi) is 4.77. The molecule has 0 atom stereocenters. The van der Waals surface area contributed by atoms with Crippen molar-refractivity contribution in [3.8, 4) is 0 Å². The van der Waals surface area contributed by atoms with E-state index in [1.807, 2.05) is 41.5 Å². The van der Waals surface area contributed by atoms with Gasteiger partial charge < -0.3 is 15.0 Å². The van der Waals surface area contributed by atoms with Crippen molar-refractivity contribution in [3.05, 3.63) is 11.3 Å². The molecule has 0 saturated carbocycles. The highest BCUT2D eigenvalue weighted by Crippen LogP contribution is 2.25. The molecule has 0 saturated heterocycles. The van der Waals surface area contributed by atoms with Crippen LogP contribution in [0.15, 0.2) is 0 Å². The van der Waals surface area contributed by atoms with E-state index in [0.29, 0.717) is 25.3 Å². The molecule has 2 heterocycles. The molecular formula is C16H27N5O3. The van der Waals surface area contributed by atoms with E-state index in [9.17, 15) is 9.59 Å². The van der Waals surface area contributed by atoms with Gasteiger partial charge in [0.1, 0.15) is 5.60 Å². The first kappa shape index (κ1) is 18.1. The molecule has 3 amide bonds. The molecule has 24 heavy (non-hydrogen) atoms. The number of urea groups is 1. The summed E-state index contributed by atoms with van der Waals surface area (Å²) in [5, 5.41) is 12.7. The van der Waals surface area contributed by atoms with Crippen molar-refractivity contribution in [2.75, 3.05) is 11.9 Å². The summed E-state index contributed by atoms with van der Waals surface area (Å²) >= 11 is 0. The number of hydrogen-bond donors (Lipinski definition) is 3. The summed E-state index contributed by atoms with van der Waals surface area (Å²) in [6.45, 7) is 12.1. The molecule has 0 bridgehead atoms. The molecule has 8 heteroatoms. The Morgan fingerprint density at radius 1 is 1.21 bits per heavy atom. The minimum atomic E-state index is -0.540. The predicted molar refractivity (Wildman–Crippen MR) is 90.8 cm³/mol. The van der Waals surface area contributed by atoms with Crippen LogP contribution < -0.4 is 10.6 Å². The average Bonchev–Trinajstić information content (AvgIpc) is 2.77. The minimum absolute atomic E-state index is 0.328. The van der Waals surface area contributed by atoms with Crippen LogP contribution in [0.2, 0.25) is 0 Å². The Balaban J connectivity index is 2.07. The molecule has 1 aromatic rings. The van der Waals surface area contributed by atoms with Crippen LogP contribution >= 0.6 is 0 Å². The number of ether oxygens (including phenoxy) is 1. The Morgan fingerprint density at radius 2 is 1.88 bits per heavy atom. The molecule has 2 rings (SSSR count). The van der Waals surface area contributed by atoms with E-state index < -0.39 is 5.60 Å². The minimum Gasteiger partial charge on any atom is -0.444 e. The third-order valence-corrected chi connectivity index (χ3v) is 3.31. The molecule has 0 aromatic carbocycles. The molecular weight excluding hydrogens is 310 g/mol. The number of H-pyrrole nitrogens is 1. The first-order valence-electron chi connectivity index (χ1n) is 8.08. The molecule has 0 radical (unpaired) electrons. The maximum atomic E-state index is 12.2. The van der Waals surface area contributed by atoms with Crippen LogP contribution in [-0.2, 0) is 17.7 Å². The normalized spacial score (nSPS) is 14.8. The number of nitrogens with one attached hydrogen (secondary N) is 3. The number of anilines is 1. The number of carbonyl (C=O) groups excluding carboxylic acids is 2. The summed E-state index contributed by atoms with van der Waals surface area (Å²) in [6, 6.07) is -0.328. The van der Waals surface area contributed by atoms with E-state index in [0.717, 1.165) is 11.3 Å². The van der Waals surface area contributed by atoms with Crippen molar-refractivity contribution in [2.45, 2.75) is 65.6 Å². The van der Waals surface area contributed by atoms with Crippen molar-refractivity contribution in [3.63, 3.8) is 0 Å². The van der Waals surface area contributed by atoms with Gasteiger partial charge in [-0.25, -0.2) is 9.59 Å². The fourth-order valence-electron chi connectivity index (χ4n) is 2.36. The number of rotatable bonds is 1. The molecule has 1 aliphatic heterocycles. The largest absolute Gasteiger partial charge is 0.444 e. The van der Waals surface area contributed by atoms with Crippen LogP contribution in [0.5, 0.6) is 0 Å². The lowest BCUT2D eigenvalue weighted by atomic mass is 10.1. The number of nitrogens with zero attached hydrogens (tertiary/aromatic N) is 2. The fraction of sp³-hybridized carbons (Fsp3) is 0.688. The van der Waals surface area contributed by atoms with Gasteiger partial charge in [0, 0.05) is 29.8 Å². The topological polar surface area (TPSA) is 99.4 Å². The zero-order valence-electron chi connectivity index (χ0n) is 15.2. The Morgan fingerprint density at radius 3 is 2.46 bits per heavy atom. The third kappa shape index (κ3) is 4.87. The van der Waals surface area contributed by atoms with Gasteiger partial charge in [0.15, 0.2) is 5.82 Å². The van der Waals surface area contributed by atoms with Gasteiger partial charge in [0.25, 0.3) is 0 Å². The highest BCUT2D eigenvalue weighted by molar-refractivity contribution is 5.89. The number of hydrogen-bond acceptors (Lipinski definition) is 4.